The average Bonchev–Trinajstić information content (AvgIpc) is 3.16. The molecule has 1 saturated heterocycles. The van der Waals surface area contributed by atoms with Gasteiger partial charge < -0.3 is 25.4 Å². The lowest BCUT2D eigenvalue weighted by Crippen LogP contribution is -2.47. The van der Waals surface area contributed by atoms with Gasteiger partial charge in [0.15, 0.2) is 5.82 Å². The molecule has 3 aromatic rings. The highest BCUT2D eigenvalue weighted by Crippen LogP contribution is 2.34. The molecule has 2 unspecified atom stereocenters. The molecule has 1 aromatic carbocycles. The summed E-state index contributed by atoms with van der Waals surface area (Å²) in [5.74, 6) is -0.0815. The highest BCUT2D eigenvalue weighted by Gasteiger charge is 2.29. The number of benzene rings is 1. The molecule has 8 nitrogen and oxygen atoms in total. The molecule has 0 radical (unpaired) electrons. The normalized spacial score (nSPS) is 20.8. The Bertz CT molecular complexity index is 1220. The molecule has 0 amide bonds. The fourth-order valence-electron chi connectivity index (χ4n) is 5.00. The van der Waals surface area contributed by atoms with Crippen molar-refractivity contribution in [2.24, 2.45) is 0 Å². The lowest BCUT2D eigenvalue weighted by atomic mass is 9.90. The molecule has 0 bridgehead atoms. The molecule has 1 aliphatic carbocycles. The highest BCUT2D eigenvalue weighted by molar-refractivity contribution is 6.33. The maximum atomic E-state index is 14.7. The van der Waals surface area contributed by atoms with Gasteiger partial charge in [-0.3, -0.25) is 0 Å². The van der Waals surface area contributed by atoms with Gasteiger partial charge >= 0.3 is 0 Å². The van der Waals surface area contributed by atoms with Crippen LogP contribution in [0.5, 0.6) is 0 Å². The Labute approximate surface area is 216 Å². The van der Waals surface area contributed by atoms with Crippen LogP contribution in [0.3, 0.4) is 0 Å². The fourth-order valence-corrected chi connectivity index (χ4v) is 5.20. The molecule has 36 heavy (non-hydrogen) atoms. The number of nitrogens with zero attached hydrogens (tertiary/aromatic N) is 5. The van der Waals surface area contributed by atoms with Crippen LogP contribution in [0.4, 0.5) is 10.3 Å². The second kappa shape index (κ2) is 10.6. The lowest BCUT2D eigenvalue weighted by molar-refractivity contribution is 0.0329. The number of aliphatic hydroxyl groups is 2. The maximum absolute atomic E-state index is 14.7. The van der Waals surface area contributed by atoms with Crippen molar-refractivity contribution in [2.45, 2.75) is 83.6 Å². The minimum absolute atomic E-state index is 0.00523. The molecule has 5 rings (SSSR count). The molecule has 4 N–H and O–H groups in total. The van der Waals surface area contributed by atoms with Crippen molar-refractivity contribution in [3.63, 3.8) is 0 Å². The third-order valence-electron chi connectivity index (χ3n) is 6.87. The number of rotatable bonds is 4. The van der Waals surface area contributed by atoms with E-state index in [1.165, 1.54) is 44.6 Å². The van der Waals surface area contributed by atoms with Gasteiger partial charge in [-0.2, -0.15) is 0 Å². The number of hydrogen-bond acceptors (Lipinski definition) is 7. The van der Waals surface area contributed by atoms with Gasteiger partial charge in [-0.25, -0.2) is 19.3 Å². The summed E-state index contributed by atoms with van der Waals surface area (Å²) in [5, 5.41) is 20.1. The zero-order valence-corrected chi connectivity index (χ0v) is 22.1. The minimum Gasteiger partial charge on any atom is -0.393 e. The number of nitrogen functional groups attached to an aromatic ring is 1. The molecule has 2 atom stereocenters. The van der Waals surface area contributed by atoms with Crippen LogP contribution in [0.1, 0.15) is 71.7 Å². The van der Waals surface area contributed by atoms with E-state index in [-0.39, 0.29) is 28.6 Å². The summed E-state index contributed by atoms with van der Waals surface area (Å²) < 4.78 is 16.5. The second-order valence-corrected chi connectivity index (χ2v) is 11.0. The van der Waals surface area contributed by atoms with Crippen molar-refractivity contribution >= 4 is 28.6 Å². The Balaban J connectivity index is 0.000000229. The second-order valence-electron chi connectivity index (χ2n) is 10.6. The molecule has 2 fully saturated rings. The first-order valence-corrected chi connectivity index (χ1v) is 13.0. The van der Waals surface area contributed by atoms with E-state index < -0.39 is 11.4 Å². The Morgan fingerprint density at radius 2 is 1.89 bits per heavy atom. The van der Waals surface area contributed by atoms with Crippen molar-refractivity contribution in [2.75, 3.05) is 18.8 Å². The Hall–Kier alpha value is -2.33. The highest BCUT2D eigenvalue weighted by atomic mass is 35.5. The zero-order chi connectivity index (χ0) is 26.2. The monoisotopic (exact) mass is 518 g/mol. The SMILES string of the molecule is CC(C)n1c(C(C)(C)O)nc2c(F)cc(-c3nc(N)ncc3Cl)cc21.OC1CCCC(N2CCC2)C1. The number of likely N-dealkylation sites (tertiary alicyclic amines) is 1. The van der Waals surface area contributed by atoms with Gasteiger partial charge in [0, 0.05) is 17.6 Å². The predicted octanol–water partition coefficient (Wildman–Crippen LogP) is 4.67. The van der Waals surface area contributed by atoms with E-state index in [1.54, 1.807) is 24.5 Å². The number of aliphatic hydroxyl groups excluding tert-OH is 1. The van der Waals surface area contributed by atoms with Gasteiger partial charge in [0.25, 0.3) is 0 Å². The molecule has 2 aliphatic rings. The van der Waals surface area contributed by atoms with Crippen LogP contribution in [0, 0.1) is 5.82 Å². The van der Waals surface area contributed by atoms with E-state index in [0.717, 1.165) is 12.8 Å². The van der Waals surface area contributed by atoms with Crippen LogP contribution in [-0.4, -0.2) is 59.9 Å². The number of anilines is 1. The molecular formula is C26H36ClFN6O2. The number of aromatic nitrogens is 4. The van der Waals surface area contributed by atoms with Crippen LogP contribution < -0.4 is 5.73 Å². The number of nitrogens with two attached hydrogens (primary N) is 1. The van der Waals surface area contributed by atoms with Crippen LogP contribution in [-0.2, 0) is 5.60 Å². The molecule has 0 spiro atoms. The van der Waals surface area contributed by atoms with E-state index >= 15 is 0 Å². The maximum Gasteiger partial charge on any atom is 0.220 e. The molecule has 196 valence electrons. The first-order valence-electron chi connectivity index (χ1n) is 12.6. The molecule has 10 heteroatoms. The summed E-state index contributed by atoms with van der Waals surface area (Å²) in [6.07, 6.45) is 7.34. The van der Waals surface area contributed by atoms with Crippen molar-refractivity contribution in [3.8, 4) is 11.3 Å². The number of hydrogen-bond donors (Lipinski definition) is 3. The predicted molar refractivity (Wildman–Crippen MR) is 140 cm³/mol. The van der Waals surface area contributed by atoms with Crippen molar-refractivity contribution in [3.05, 3.63) is 35.0 Å². The van der Waals surface area contributed by atoms with E-state index in [2.05, 4.69) is 19.9 Å². The van der Waals surface area contributed by atoms with Crippen LogP contribution in [0.25, 0.3) is 22.3 Å². The van der Waals surface area contributed by atoms with Gasteiger partial charge in [-0.05, 0) is 85.0 Å². The lowest BCUT2D eigenvalue weighted by Gasteiger charge is -2.41. The molecule has 3 heterocycles. The molecule has 1 aliphatic heterocycles. The quantitative estimate of drug-likeness (QED) is 0.460. The summed E-state index contributed by atoms with van der Waals surface area (Å²) in [5.41, 5.74) is 5.96. The summed E-state index contributed by atoms with van der Waals surface area (Å²) >= 11 is 6.15. The summed E-state index contributed by atoms with van der Waals surface area (Å²) in [6, 6.07) is 3.73. The summed E-state index contributed by atoms with van der Waals surface area (Å²) in [6.45, 7) is 9.67. The first kappa shape index (κ1) is 26.7. The fraction of sp³-hybridized carbons (Fsp3) is 0.577. The largest absolute Gasteiger partial charge is 0.393 e. The standard InChI is InChI=1S/C17H19ClFN5O.C9H17NO/c1-8(2)24-12-6-9(13-10(18)7-21-16(20)23-13)5-11(19)14(12)22-15(24)17(3,4)25;11-9-4-1-3-8(7-9)10-5-2-6-10/h5-8,25H,1-4H3,(H2,20,21,23);8-9,11H,1-7H2. The summed E-state index contributed by atoms with van der Waals surface area (Å²) in [7, 11) is 0. The van der Waals surface area contributed by atoms with Crippen LogP contribution in [0.2, 0.25) is 5.02 Å². The zero-order valence-electron chi connectivity index (χ0n) is 21.4. The number of imidazole rings is 1. The number of halogens is 2. The third-order valence-corrected chi connectivity index (χ3v) is 7.15. The van der Waals surface area contributed by atoms with Crippen molar-refractivity contribution in [1.29, 1.82) is 0 Å². The van der Waals surface area contributed by atoms with E-state index in [0.29, 0.717) is 28.6 Å². The third kappa shape index (κ3) is 5.64. The van der Waals surface area contributed by atoms with Gasteiger partial charge in [0.05, 0.1) is 28.5 Å². The molecular weight excluding hydrogens is 483 g/mol. The van der Waals surface area contributed by atoms with E-state index in [4.69, 9.17) is 17.3 Å². The van der Waals surface area contributed by atoms with E-state index in [1.807, 2.05) is 13.8 Å². The van der Waals surface area contributed by atoms with Gasteiger partial charge in [0.1, 0.15) is 16.9 Å². The van der Waals surface area contributed by atoms with E-state index in [9.17, 15) is 14.6 Å². The van der Waals surface area contributed by atoms with Crippen LogP contribution >= 0.6 is 11.6 Å². The first-order chi connectivity index (χ1) is 17.0. The van der Waals surface area contributed by atoms with Crippen LogP contribution in [0.15, 0.2) is 18.3 Å². The Kier molecular flexibility index (Phi) is 7.85. The van der Waals surface area contributed by atoms with Gasteiger partial charge in [-0.15, -0.1) is 0 Å². The summed E-state index contributed by atoms with van der Waals surface area (Å²) in [4.78, 5) is 14.8. The molecule has 1 saturated carbocycles. The number of fused-ring (bicyclic) bond motifs is 1. The van der Waals surface area contributed by atoms with Gasteiger partial charge in [0.2, 0.25) is 5.95 Å². The Morgan fingerprint density at radius 1 is 1.17 bits per heavy atom. The minimum atomic E-state index is -1.22. The topological polar surface area (TPSA) is 113 Å². The average molecular weight is 519 g/mol. The smallest absolute Gasteiger partial charge is 0.220 e. The van der Waals surface area contributed by atoms with Gasteiger partial charge in [-0.1, -0.05) is 11.6 Å². The molecule has 2 aromatic heterocycles. The van der Waals surface area contributed by atoms with Crippen molar-refractivity contribution < 1.29 is 14.6 Å². The van der Waals surface area contributed by atoms with Crippen molar-refractivity contribution in [1.82, 2.24) is 24.4 Å². The Morgan fingerprint density at radius 3 is 2.47 bits per heavy atom.